The third kappa shape index (κ3) is 5.07. The highest BCUT2D eigenvalue weighted by molar-refractivity contribution is 8.26. The summed E-state index contributed by atoms with van der Waals surface area (Å²) in [7, 11) is 0. The Balaban J connectivity index is 1.44. The van der Waals surface area contributed by atoms with E-state index in [2.05, 4.69) is 5.32 Å². The molecule has 1 N–H and O–H groups in total. The number of thiocarbonyl (C=S) groups is 1. The smallest absolute Gasteiger partial charge is 0.263 e. The number of carbonyl (C=O) groups is 1. The van der Waals surface area contributed by atoms with E-state index >= 15 is 0 Å². The monoisotopic (exact) mass is 503 g/mol. The van der Waals surface area contributed by atoms with Crippen LogP contribution in [-0.4, -0.2) is 20.0 Å². The van der Waals surface area contributed by atoms with E-state index in [0.717, 1.165) is 33.8 Å². The fourth-order valence-corrected chi connectivity index (χ4v) is 4.61. The van der Waals surface area contributed by atoms with Crippen molar-refractivity contribution >= 4 is 51.9 Å². The zero-order valence-corrected chi connectivity index (χ0v) is 20.2. The molecule has 0 spiro atoms. The van der Waals surface area contributed by atoms with E-state index in [4.69, 9.17) is 33.7 Å². The van der Waals surface area contributed by atoms with Gasteiger partial charge in [-0.3, -0.25) is 4.79 Å². The minimum Gasteiger partial charge on any atom is -0.489 e. The summed E-state index contributed by atoms with van der Waals surface area (Å²) in [5, 5.41) is 8.17. The van der Waals surface area contributed by atoms with Crippen molar-refractivity contribution in [3.8, 4) is 22.7 Å². The molecule has 0 bridgehead atoms. The number of benzene rings is 3. The van der Waals surface area contributed by atoms with E-state index in [9.17, 15) is 4.79 Å². The van der Waals surface area contributed by atoms with Gasteiger partial charge in [-0.15, -0.1) is 0 Å². The molecule has 1 fully saturated rings. The lowest BCUT2D eigenvalue weighted by atomic mass is 10.1. The predicted molar refractivity (Wildman–Crippen MR) is 141 cm³/mol. The van der Waals surface area contributed by atoms with Crippen LogP contribution in [0.4, 0.5) is 0 Å². The molecule has 1 saturated heterocycles. The topological polar surface area (TPSA) is 56.2 Å². The van der Waals surface area contributed by atoms with Gasteiger partial charge >= 0.3 is 0 Å². The van der Waals surface area contributed by atoms with Crippen LogP contribution >= 0.6 is 35.6 Å². The Kier molecular flexibility index (Phi) is 6.49. The molecule has 34 heavy (non-hydrogen) atoms. The fourth-order valence-electron chi connectivity index (χ4n) is 3.45. The van der Waals surface area contributed by atoms with Crippen LogP contribution in [0.15, 0.2) is 90.0 Å². The quantitative estimate of drug-likeness (QED) is 0.248. The van der Waals surface area contributed by atoms with Crippen molar-refractivity contribution in [1.82, 2.24) is 15.1 Å². The van der Waals surface area contributed by atoms with Crippen molar-refractivity contribution in [3.63, 3.8) is 0 Å². The summed E-state index contributed by atoms with van der Waals surface area (Å²) in [6, 6.07) is 25.2. The van der Waals surface area contributed by atoms with Gasteiger partial charge in [0.15, 0.2) is 0 Å². The van der Waals surface area contributed by atoms with E-state index in [1.165, 1.54) is 11.8 Å². The maximum Gasteiger partial charge on any atom is 0.263 e. The van der Waals surface area contributed by atoms with Crippen LogP contribution in [0, 0.1) is 0 Å². The van der Waals surface area contributed by atoms with Crippen molar-refractivity contribution in [3.05, 3.63) is 106 Å². The molecule has 1 aromatic heterocycles. The first-order valence-corrected chi connectivity index (χ1v) is 12.0. The summed E-state index contributed by atoms with van der Waals surface area (Å²) in [4.78, 5) is 12.8. The van der Waals surface area contributed by atoms with Crippen LogP contribution < -0.4 is 10.1 Å². The third-order valence-electron chi connectivity index (χ3n) is 5.14. The molecule has 8 heteroatoms. The highest BCUT2D eigenvalue weighted by Crippen LogP contribution is 2.31. The zero-order valence-electron chi connectivity index (χ0n) is 17.8. The summed E-state index contributed by atoms with van der Waals surface area (Å²) < 4.78 is 8.17. The van der Waals surface area contributed by atoms with Crippen molar-refractivity contribution in [2.24, 2.45) is 0 Å². The number of nitrogens with one attached hydrogen (secondary N) is 1. The number of para-hydroxylation sites is 1. The molecule has 5 rings (SSSR count). The van der Waals surface area contributed by atoms with Crippen molar-refractivity contribution < 1.29 is 9.53 Å². The Bertz CT molecular complexity index is 1380. The number of carbonyl (C=O) groups excluding carboxylic acids is 1. The van der Waals surface area contributed by atoms with Crippen molar-refractivity contribution in [2.45, 2.75) is 6.61 Å². The van der Waals surface area contributed by atoms with Crippen LogP contribution in [0.25, 0.3) is 23.0 Å². The number of aromatic nitrogens is 2. The van der Waals surface area contributed by atoms with E-state index < -0.39 is 0 Å². The third-order valence-corrected chi connectivity index (χ3v) is 6.55. The number of nitrogens with zero attached hydrogens (tertiary/aromatic N) is 2. The first kappa shape index (κ1) is 22.4. The summed E-state index contributed by atoms with van der Waals surface area (Å²) in [5.74, 6) is 0.552. The number of ether oxygens (including phenoxy) is 1. The minimum atomic E-state index is -0.195. The van der Waals surface area contributed by atoms with Gasteiger partial charge < -0.3 is 10.1 Å². The molecule has 168 valence electrons. The molecule has 1 aliphatic rings. The first-order chi connectivity index (χ1) is 16.5. The highest BCUT2D eigenvalue weighted by Gasteiger charge is 2.23. The van der Waals surface area contributed by atoms with Crippen LogP contribution in [-0.2, 0) is 11.4 Å². The van der Waals surface area contributed by atoms with Gasteiger partial charge in [-0.05, 0) is 60.2 Å². The Morgan fingerprint density at radius 2 is 1.76 bits per heavy atom. The van der Waals surface area contributed by atoms with Gasteiger partial charge in [0.25, 0.3) is 5.91 Å². The number of amides is 1. The number of hydrogen-bond donors (Lipinski definition) is 1. The lowest BCUT2D eigenvalue weighted by Gasteiger charge is -2.07. The Morgan fingerprint density at radius 1 is 1.03 bits per heavy atom. The Hall–Kier alpha value is -3.39. The van der Waals surface area contributed by atoms with Crippen LogP contribution in [0.2, 0.25) is 5.02 Å². The average Bonchev–Trinajstić information content (AvgIpc) is 3.42. The number of thioether (sulfide) groups is 1. The molecule has 0 radical (unpaired) electrons. The second-order valence-electron chi connectivity index (χ2n) is 7.50. The SMILES string of the molecule is O=C1NC(=S)S/C1=C\c1cn(-c2ccccc2)nc1-c1ccc(OCc2ccc(Cl)cc2)cc1. The molecule has 1 amide bonds. The summed E-state index contributed by atoms with van der Waals surface area (Å²) in [6.45, 7) is 0.447. The minimum absolute atomic E-state index is 0.195. The number of halogens is 1. The molecule has 3 aromatic carbocycles. The largest absolute Gasteiger partial charge is 0.489 e. The maximum absolute atomic E-state index is 12.2. The average molecular weight is 504 g/mol. The Labute approximate surface area is 211 Å². The van der Waals surface area contributed by atoms with Gasteiger partial charge in [-0.2, -0.15) is 5.10 Å². The summed E-state index contributed by atoms with van der Waals surface area (Å²) >= 11 is 12.3. The molecule has 4 aromatic rings. The fraction of sp³-hybridized carbons (Fsp3) is 0.0385. The van der Waals surface area contributed by atoms with Crippen LogP contribution in [0.1, 0.15) is 11.1 Å². The summed E-state index contributed by atoms with van der Waals surface area (Å²) in [6.07, 6.45) is 3.74. The predicted octanol–water partition coefficient (Wildman–Crippen LogP) is 6.26. The highest BCUT2D eigenvalue weighted by atomic mass is 35.5. The molecule has 0 aliphatic carbocycles. The standard InChI is InChI=1S/C26H18ClN3O2S2/c27-20-10-6-17(7-11-20)16-32-22-12-8-18(9-13-22)24-19(14-23-25(31)28-26(33)34-23)15-30(29-24)21-4-2-1-3-5-21/h1-15H,16H2,(H,28,31,33)/b23-14-. The lowest BCUT2D eigenvalue weighted by Crippen LogP contribution is -2.17. The molecule has 0 atom stereocenters. The van der Waals surface area contributed by atoms with Crippen LogP contribution in [0.3, 0.4) is 0 Å². The first-order valence-electron chi connectivity index (χ1n) is 10.4. The van der Waals surface area contributed by atoms with Crippen molar-refractivity contribution in [1.29, 1.82) is 0 Å². The molecule has 2 heterocycles. The maximum atomic E-state index is 12.2. The summed E-state index contributed by atoms with van der Waals surface area (Å²) in [5.41, 5.74) is 4.45. The van der Waals surface area contributed by atoms with Gasteiger partial charge in [0.05, 0.1) is 16.3 Å². The van der Waals surface area contributed by atoms with E-state index in [0.29, 0.717) is 20.9 Å². The normalized spacial score (nSPS) is 14.4. The number of rotatable bonds is 6. The van der Waals surface area contributed by atoms with E-state index in [1.54, 1.807) is 0 Å². The van der Waals surface area contributed by atoms with Crippen molar-refractivity contribution in [2.75, 3.05) is 0 Å². The van der Waals surface area contributed by atoms with E-state index in [-0.39, 0.29) is 5.91 Å². The molecule has 1 aliphatic heterocycles. The second-order valence-corrected chi connectivity index (χ2v) is 9.66. The van der Waals surface area contributed by atoms with E-state index in [1.807, 2.05) is 95.8 Å². The van der Waals surface area contributed by atoms with Gasteiger partial charge in [0.2, 0.25) is 0 Å². The Morgan fingerprint density at radius 3 is 2.44 bits per heavy atom. The molecular formula is C26H18ClN3O2S2. The van der Waals surface area contributed by atoms with Gasteiger partial charge in [0.1, 0.15) is 16.7 Å². The van der Waals surface area contributed by atoms with Gasteiger partial charge in [0, 0.05) is 22.3 Å². The molecule has 5 nitrogen and oxygen atoms in total. The van der Waals surface area contributed by atoms with Crippen LogP contribution in [0.5, 0.6) is 5.75 Å². The molecular weight excluding hydrogens is 486 g/mol. The number of hydrogen-bond acceptors (Lipinski definition) is 5. The molecule has 0 unspecified atom stereocenters. The lowest BCUT2D eigenvalue weighted by molar-refractivity contribution is -0.115. The second kappa shape index (κ2) is 9.85. The van der Waals surface area contributed by atoms with Gasteiger partial charge in [-0.1, -0.05) is 65.9 Å². The molecule has 0 saturated carbocycles. The van der Waals surface area contributed by atoms with Gasteiger partial charge in [-0.25, -0.2) is 4.68 Å². The zero-order chi connectivity index (χ0) is 23.5.